The van der Waals surface area contributed by atoms with E-state index >= 15 is 0 Å². The van der Waals surface area contributed by atoms with Crippen molar-refractivity contribution in [3.63, 3.8) is 0 Å². The van der Waals surface area contributed by atoms with E-state index in [2.05, 4.69) is 102 Å². The minimum absolute atomic E-state index is 0.148. The molecule has 2 heterocycles. The highest BCUT2D eigenvalue weighted by Crippen LogP contribution is 2.52. The zero-order chi connectivity index (χ0) is 33.7. The lowest BCUT2D eigenvalue weighted by Gasteiger charge is -2.27. The van der Waals surface area contributed by atoms with Crippen LogP contribution in [0.25, 0.3) is 23.3 Å². The molecule has 5 aromatic rings. The van der Waals surface area contributed by atoms with Gasteiger partial charge in [-0.2, -0.15) is 4.57 Å². The molecular formula is C43H39N2O4+. The predicted molar refractivity (Wildman–Crippen MR) is 194 cm³/mol. The van der Waals surface area contributed by atoms with Gasteiger partial charge < -0.3 is 14.7 Å². The Labute approximate surface area is 287 Å². The van der Waals surface area contributed by atoms with Crippen molar-refractivity contribution in [3.05, 3.63) is 161 Å². The summed E-state index contributed by atoms with van der Waals surface area (Å²) < 4.78 is 6.99. The lowest BCUT2D eigenvalue weighted by molar-refractivity contribution is -0.685. The summed E-state index contributed by atoms with van der Waals surface area (Å²) in [5.41, 5.74) is 10.5. The summed E-state index contributed by atoms with van der Waals surface area (Å²) in [5.74, 6) is -0.913. The number of carbonyl (C=O) groups is 2. The van der Waals surface area contributed by atoms with Crippen molar-refractivity contribution in [1.29, 1.82) is 0 Å². The van der Waals surface area contributed by atoms with E-state index in [1.165, 1.54) is 40.1 Å². The fraction of sp³-hybridized carbons (Fsp3) is 0.186. The van der Waals surface area contributed by atoms with Gasteiger partial charge in [-0.05, 0) is 89.6 Å². The standard InChI is InChI=1S/C43H38N2O4/c1-2-49-43(48)38(34-22-24-44(25-23-34)29-42(46)47)27-31-18-21-41-39(28-31)36-14-9-15-40(36)45(41)35-19-16-30(17-20-35)26-37(32-10-5-3-6-11-32)33-12-7-4-8-13-33/h3-8,10-13,16-28,36,40H,2,9,14-15,29H2,1H3/p+1. The quantitative estimate of drug-likeness (QED) is 0.0712. The van der Waals surface area contributed by atoms with E-state index in [1.807, 2.05) is 18.2 Å². The smallest absolute Gasteiger partial charge is 0.370 e. The van der Waals surface area contributed by atoms with Crippen LogP contribution < -0.4 is 9.47 Å². The number of fused-ring (bicyclic) bond motifs is 3. The summed E-state index contributed by atoms with van der Waals surface area (Å²) >= 11 is 0. The fourth-order valence-electron chi connectivity index (χ4n) is 7.30. The van der Waals surface area contributed by atoms with E-state index in [0.29, 0.717) is 23.1 Å². The third-order valence-electron chi connectivity index (χ3n) is 9.50. The molecule has 1 N–H and O–H groups in total. The number of esters is 1. The van der Waals surface area contributed by atoms with Gasteiger partial charge in [-0.3, -0.25) is 0 Å². The number of carboxylic acids is 1. The SMILES string of the molecule is CCOC(=O)/C(=C\c1ccc2c(c1)C1CCCC1N2c1ccc(C=C(c2ccccc2)c2ccccc2)cc1)c1cc[n+](CC(=O)O)cc1. The van der Waals surface area contributed by atoms with Crippen LogP contribution in [0.1, 0.15) is 65.5 Å². The highest BCUT2D eigenvalue weighted by Gasteiger charge is 2.42. The molecule has 6 heteroatoms. The zero-order valence-electron chi connectivity index (χ0n) is 27.5. The van der Waals surface area contributed by atoms with E-state index in [0.717, 1.165) is 24.0 Å². The molecule has 1 aliphatic carbocycles. The largest absolute Gasteiger partial charge is 0.477 e. The van der Waals surface area contributed by atoms with Crippen molar-refractivity contribution in [2.75, 3.05) is 11.5 Å². The van der Waals surface area contributed by atoms with Crippen LogP contribution in [0.2, 0.25) is 0 Å². The molecule has 0 radical (unpaired) electrons. The first-order valence-electron chi connectivity index (χ1n) is 16.9. The van der Waals surface area contributed by atoms with Crippen molar-refractivity contribution in [2.24, 2.45) is 0 Å². The maximum absolute atomic E-state index is 13.1. The normalized spacial score (nSPS) is 16.5. The second-order valence-corrected chi connectivity index (χ2v) is 12.6. The molecule has 0 spiro atoms. The van der Waals surface area contributed by atoms with Crippen LogP contribution in [0.3, 0.4) is 0 Å². The Bertz CT molecular complexity index is 1980. The number of carboxylic acid groups (broad SMARTS) is 1. The number of anilines is 2. The average molecular weight is 648 g/mol. The molecule has 244 valence electrons. The molecule has 6 nitrogen and oxygen atoms in total. The Hall–Kier alpha value is -5.75. The summed E-state index contributed by atoms with van der Waals surface area (Å²) in [4.78, 5) is 26.8. The number of rotatable bonds is 10. The van der Waals surface area contributed by atoms with Gasteiger partial charge in [-0.1, -0.05) is 85.3 Å². The Balaban J connectivity index is 1.20. The van der Waals surface area contributed by atoms with Gasteiger partial charge in [0.15, 0.2) is 12.4 Å². The summed E-state index contributed by atoms with van der Waals surface area (Å²) in [5, 5.41) is 9.14. The predicted octanol–water partition coefficient (Wildman–Crippen LogP) is 8.54. The second-order valence-electron chi connectivity index (χ2n) is 12.6. The van der Waals surface area contributed by atoms with Gasteiger partial charge in [0.25, 0.3) is 0 Å². The Morgan fingerprint density at radius 3 is 2.08 bits per heavy atom. The molecule has 1 aliphatic heterocycles. The van der Waals surface area contributed by atoms with Crippen LogP contribution in [-0.4, -0.2) is 29.7 Å². The van der Waals surface area contributed by atoms with Gasteiger partial charge in [0.2, 0.25) is 6.54 Å². The molecule has 7 rings (SSSR count). The monoisotopic (exact) mass is 647 g/mol. The molecule has 0 bridgehead atoms. The van der Waals surface area contributed by atoms with E-state index in [1.54, 1.807) is 36.0 Å². The van der Waals surface area contributed by atoms with Crippen molar-refractivity contribution in [3.8, 4) is 0 Å². The zero-order valence-corrected chi connectivity index (χ0v) is 27.5. The van der Waals surface area contributed by atoms with E-state index in [9.17, 15) is 9.59 Å². The first kappa shape index (κ1) is 31.8. The highest BCUT2D eigenvalue weighted by molar-refractivity contribution is 6.21. The molecule has 49 heavy (non-hydrogen) atoms. The summed E-state index contributed by atoms with van der Waals surface area (Å²) in [6.45, 7) is 1.91. The van der Waals surface area contributed by atoms with Crippen LogP contribution in [0.15, 0.2) is 128 Å². The van der Waals surface area contributed by atoms with Gasteiger partial charge in [-0.25, -0.2) is 9.59 Å². The number of aliphatic carboxylic acids is 1. The number of benzene rings is 4. The Morgan fingerprint density at radius 2 is 1.45 bits per heavy atom. The van der Waals surface area contributed by atoms with Crippen molar-refractivity contribution in [1.82, 2.24) is 0 Å². The van der Waals surface area contributed by atoms with Gasteiger partial charge >= 0.3 is 11.9 Å². The Morgan fingerprint density at radius 1 is 0.796 bits per heavy atom. The number of aromatic nitrogens is 1. The lowest BCUT2D eigenvalue weighted by Crippen LogP contribution is -2.37. The Kier molecular flexibility index (Phi) is 9.20. The van der Waals surface area contributed by atoms with Crippen molar-refractivity contribution < 1.29 is 24.0 Å². The molecule has 2 unspecified atom stereocenters. The molecule has 4 aromatic carbocycles. The molecule has 2 aliphatic rings. The summed E-state index contributed by atoms with van der Waals surface area (Å²) in [7, 11) is 0. The topological polar surface area (TPSA) is 70.7 Å². The molecular weight excluding hydrogens is 608 g/mol. The molecule has 0 saturated heterocycles. The molecule has 1 fully saturated rings. The number of pyridine rings is 1. The fourth-order valence-corrected chi connectivity index (χ4v) is 7.30. The van der Waals surface area contributed by atoms with Gasteiger partial charge in [0.1, 0.15) is 0 Å². The number of ether oxygens (including phenoxy) is 1. The van der Waals surface area contributed by atoms with Crippen LogP contribution in [0.5, 0.6) is 0 Å². The van der Waals surface area contributed by atoms with Crippen molar-refractivity contribution in [2.45, 2.75) is 44.7 Å². The van der Waals surface area contributed by atoms with Crippen LogP contribution >= 0.6 is 0 Å². The van der Waals surface area contributed by atoms with Crippen molar-refractivity contribution >= 4 is 46.6 Å². The molecule has 1 aromatic heterocycles. The van der Waals surface area contributed by atoms with E-state index in [4.69, 9.17) is 9.84 Å². The summed E-state index contributed by atoms with van der Waals surface area (Å²) in [6, 6.07) is 40.4. The molecule has 1 saturated carbocycles. The minimum atomic E-state index is -0.927. The highest BCUT2D eigenvalue weighted by atomic mass is 16.5. The molecule has 0 amide bonds. The first-order chi connectivity index (χ1) is 24.0. The maximum Gasteiger partial charge on any atom is 0.370 e. The third kappa shape index (κ3) is 6.81. The first-order valence-corrected chi connectivity index (χ1v) is 16.9. The van der Waals surface area contributed by atoms with Crippen LogP contribution in [0.4, 0.5) is 11.4 Å². The van der Waals surface area contributed by atoms with Crippen LogP contribution in [0, 0.1) is 0 Å². The summed E-state index contributed by atoms with van der Waals surface area (Å²) in [6.07, 6.45) is 10.9. The third-order valence-corrected chi connectivity index (χ3v) is 9.50. The van der Waals surface area contributed by atoms with Gasteiger partial charge in [0.05, 0.1) is 12.2 Å². The maximum atomic E-state index is 13.1. The number of nitrogens with zero attached hydrogens (tertiary/aromatic N) is 2. The van der Waals surface area contributed by atoms with E-state index < -0.39 is 11.9 Å². The van der Waals surface area contributed by atoms with Gasteiger partial charge in [0, 0.05) is 41.0 Å². The number of hydrogen-bond acceptors (Lipinski definition) is 4. The van der Waals surface area contributed by atoms with Crippen LogP contribution in [-0.2, 0) is 20.9 Å². The van der Waals surface area contributed by atoms with Gasteiger partial charge in [-0.15, -0.1) is 0 Å². The minimum Gasteiger partial charge on any atom is -0.477 e. The lowest BCUT2D eigenvalue weighted by atomic mass is 9.95. The average Bonchev–Trinajstić information content (AvgIpc) is 3.72. The second kappa shape index (κ2) is 14.2. The molecule has 2 atom stereocenters. The number of hydrogen-bond donors (Lipinski definition) is 1. The van der Waals surface area contributed by atoms with E-state index in [-0.39, 0.29) is 13.2 Å². The number of carbonyl (C=O) groups excluding carboxylic acids is 1.